The third-order valence-corrected chi connectivity index (χ3v) is 4.88. The second-order valence-corrected chi connectivity index (χ2v) is 7.78. The zero-order valence-corrected chi connectivity index (χ0v) is 14.1. The maximum Gasteiger partial charge on any atom is 0.314 e. The predicted molar refractivity (Wildman–Crippen MR) is 86.1 cm³/mol. The molecular weight excluding hydrogens is 272 g/mol. The van der Waals surface area contributed by atoms with Gasteiger partial charge in [-0.3, -0.25) is 0 Å². The number of thioether (sulfide) groups is 1. The van der Waals surface area contributed by atoms with Crippen molar-refractivity contribution in [1.82, 2.24) is 10.6 Å². The Kier molecular flexibility index (Phi) is 6.65. The lowest BCUT2D eigenvalue weighted by molar-refractivity contribution is 0.0843. The number of nitrogens with one attached hydrogen (secondary N) is 2. The van der Waals surface area contributed by atoms with Gasteiger partial charge < -0.3 is 15.7 Å². The van der Waals surface area contributed by atoms with Crippen molar-refractivity contribution in [3.63, 3.8) is 0 Å². The summed E-state index contributed by atoms with van der Waals surface area (Å²) in [7, 11) is 0. The van der Waals surface area contributed by atoms with Crippen LogP contribution in [0.4, 0.5) is 4.79 Å². The Morgan fingerprint density at radius 2 is 2.05 bits per heavy atom. The summed E-state index contributed by atoms with van der Waals surface area (Å²) in [5, 5.41) is 15.8. The number of hydrogen-bond acceptors (Lipinski definition) is 3. The predicted octanol–water partition coefficient (Wildman–Crippen LogP) is 2.62. The molecule has 0 saturated heterocycles. The minimum Gasteiger partial charge on any atom is -0.387 e. The summed E-state index contributed by atoms with van der Waals surface area (Å²) in [6, 6.07) is -0.165. The van der Waals surface area contributed by atoms with Crippen LogP contribution in [0.5, 0.6) is 0 Å². The van der Waals surface area contributed by atoms with Crippen LogP contribution in [-0.4, -0.2) is 41.8 Å². The lowest BCUT2D eigenvalue weighted by atomic mass is 9.64. The van der Waals surface area contributed by atoms with Crippen molar-refractivity contribution in [3.05, 3.63) is 0 Å². The highest BCUT2D eigenvalue weighted by Gasteiger charge is 2.37. The van der Waals surface area contributed by atoms with Crippen LogP contribution in [0.2, 0.25) is 0 Å². The Balaban J connectivity index is 2.29. The summed E-state index contributed by atoms with van der Waals surface area (Å²) < 4.78 is 0. The topological polar surface area (TPSA) is 61.4 Å². The lowest BCUT2D eigenvalue weighted by Crippen LogP contribution is -2.49. The van der Waals surface area contributed by atoms with Crippen molar-refractivity contribution in [1.29, 1.82) is 0 Å². The molecule has 0 aromatic heterocycles. The molecule has 1 fully saturated rings. The van der Waals surface area contributed by atoms with Gasteiger partial charge in [0, 0.05) is 18.8 Å². The summed E-state index contributed by atoms with van der Waals surface area (Å²) in [4.78, 5) is 11.8. The molecule has 0 spiro atoms. The molecule has 1 aliphatic carbocycles. The van der Waals surface area contributed by atoms with Crippen molar-refractivity contribution in [2.24, 2.45) is 11.3 Å². The molecule has 0 heterocycles. The molecule has 1 unspecified atom stereocenters. The van der Waals surface area contributed by atoms with E-state index in [1.807, 2.05) is 6.26 Å². The zero-order valence-electron chi connectivity index (χ0n) is 13.3. The fraction of sp³-hybridized carbons (Fsp3) is 0.933. The van der Waals surface area contributed by atoms with Crippen LogP contribution in [0.3, 0.4) is 0 Å². The van der Waals surface area contributed by atoms with E-state index in [2.05, 4.69) is 24.5 Å². The molecule has 1 aliphatic rings. The van der Waals surface area contributed by atoms with E-state index in [0.29, 0.717) is 17.1 Å². The van der Waals surface area contributed by atoms with Crippen molar-refractivity contribution in [3.8, 4) is 0 Å². The second kappa shape index (κ2) is 7.55. The molecule has 118 valence electrons. The maximum atomic E-state index is 11.8. The Labute approximate surface area is 127 Å². The van der Waals surface area contributed by atoms with E-state index < -0.39 is 5.60 Å². The number of urea groups is 1. The van der Waals surface area contributed by atoms with E-state index in [9.17, 15) is 9.90 Å². The molecule has 5 heteroatoms. The van der Waals surface area contributed by atoms with Crippen molar-refractivity contribution in [2.75, 3.05) is 25.1 Å². The van der Waals surface area contributed by atoms with E-state index in [1.54, 1.807) is 18.7 Å². The molecule has 2 amide bonds. The van der Waals surface area contributed by atoms with Crippen LogP contribution in [0.1, 0.15) is 46.5 Å². The minimum atomic E-state index is -0.844. The molecule has 3 N–H and O–H groups in total. The Hall–Kier alpha value is -0.420. The molecule has 0 bridgehead atoms. The molecule has 0 aromatic rings. The van der Waals surface area contributed by atoms with Crippen LogP contribution in [0.25, 0.3) is 0 Å². The molecule has 0 aromatic carbocycles. The number of carbonyl (C=O) groups excluding carboxylic acids is 1. The highest BCUT2D eigenvalue weighted by atomic mass is 32.2. The average Bonchev–Trinajstić information content (AvgIpc) is 2.29. The van der Waals surface area contributed by atoms with Gasteiger partial charge in [0.2, 0.25) is 0 Å². The van der Waals surface area contributed by atoms with E-state index >= 15 is 0 Å². The molecule has 0 radical (unpaired) electrons. The van der Waals surface area contributed by atoms with Gasteiger partial charge in [0.25, 0.3) is 0 Å². The van der Waals surface area contributed by atoms with Gasteiger partial charge in [-0.05, 0) is 43.8 Å². The van der Waals surface area contributed by atoms with E-state index in [4.69, 9.17) is 0 Å². The second-order valence-electron chi connectivity index (χ2n) is 6.92. The molecule has 1 rings (SSSR count). The van der Waals surface area contributed by atoms with Crippen molar-refractivity contribution >= 4 is 17.8 Å². The molecule has 0 aliphatic heterocycles. The van der Waals surface area contributed by atoms with Gasteiger partial charge in [-0.1, -0.05) is 20.3 Å². The average molecular weight is 302 g/mol. The minimum absolute atomic E-state index is 0.165. The van der Waals surface area contributed by atoms with Gasteiger partial charge >= 0.3 is 6.03 Å². The van der Waals surface area contributed by atoms with Gasteiger partial charge in [-0.15, -0.1) is 0 Å². The lowest BCUT2D eigenvalue weighted by Gasteiger charge is -2.43. The molecule has 20 heavy (non-hydrogen) atoms. The first-order valence-corrected chi connectivity index (χ1v) is 8.91. The Bertz CT molecular complexity index is 315. The molecular formula is C15H30N2O2S. The smallest absolute Gasteiger partial charge is 0.314 e. The third-order valence-electron chi connectivity index (χ3n) is 3.96. The Morgan fingerprint density at radius 3 is 2.50 bits per heavy atom. The first kappa shape index (κ1) is 17.6. The largest absolute Gasteiger partial charge is 0.387 e. The van der Waals surface area contributed by atoms with E-state index in [1.165, 1.54) is 25.7 Å². The third kappa shape index (κ3) is 5.92. The maximum absolute atomic E-state index is 11.8. The fourth-order valence-corrected chi connectivity index (χ4v) is 3.68. The number of aliphatic hydroxyl groups is 1. The van der Waals surface area contributed by atoms with Crippen LogP contribution in [0.15, 0.2) is 0 Å². The fourth-order valence-electron chi connectivity index (χ4n) is 2.96. The number of rotatable bonds is 8. The standard InChI is InChI=1S/C15H30N2O2S/c1-12(2)8-15(6-5-7-15)10-17-13(18)16-9-14(3,19)11-20-4/h12,19H,5-11H2,1-4H3,(H2,16,17,18). The van der Waals surface area contributed by atoms with Crippen LogP contribution < -0.4 is 10.6 Å². The van der Waals surface area contributed by atoms with Gasteiger partial charge in [-0.25, -0.2) is 4.79 Å². The van der Waals surface area contributed by atoms with E-state index in [-0.39, 0.29) is 12.6 Å². The van der Waals surface area contributed by atoms with Crippen molar-refractivity contribution < 1.29 is 9.90 Å². The van der Waals surface area contributed by atoms with Gasteiger partial charge in [0.15, 0.2) is 0 Å². The summed E-state index contributed by atoms with van der Waals surface area (Å²) in [6.45, 7) is 7.26. The normalized spacial score (nSPS) is 20.1. The summed E-state index contributed by atoms with van der Waals surface area (Å²) in [6.07, 6.45) is 6.84. The van der Waals surface area contributed by atoms with Crippen molar-refractivity contribution in [2.45, 2.75) is 52.1 Å². The van der Waals surface area contributed by atoms with Crippen LogP contribution in [-0.2, 0) is 0 Å². The van der Waals surface area contributed by atoms with Crippen LogP contribution in [0, 0.1) is 11.3 Å². The van der Waals surface area contributed by atoms with Gasteiger partial charge in [0.1, 0.15) is 0 Å². The number of amides is 2. The van der Waals surface area contributed by atoms with Crippen LogP contribution >= 0.6 is 11.8 Å². The number of hydrogen-bond donors (Lipinski definition) is 3. The van der Waals surface area contributed by atoms with Gasteiger partial charge in [-0.2, -0.15) is 11.8 Å². The molecule has 4 nitrogen and oxygen atoms in total. The SMILES string of the molecule is CSCC(C)(O)CNC(=O)NCC1(CC(C)C)CCC1. The highest BCUT2D eigenvalue weighted by Crippen LogP contribution is 2.45. The number of carbonyl (C=O) groups is 1. The van der Waals surface area contributed by atoms with E-state index in [0.717, 1.165) is 6.54 Å². The summed E-state index contributed by atoms with van der Waals surface area (Å²) >= 11 is 1.58. The Morgan fingerprint density at radius 1 is 1.40 bits per heavy atom. The molecule has 1 atom stereocenters. The quantitative estimate of drug-likeness (QED) is 0.646. The molecule has 1 saturated carbocycles. The summed E-state index contributed by atoms with van der Waals surface area (Å²) in [5.74, 6) is 1.28. The monoisotopic (exact) mass is 302 g/mol. The zero-order chi connectivity index (χ0) is 15.2. The first-order chi connectivity index (χ1) is 9.29. The summed E-state index contributed by atoms with van der Waals surface area (Å²) in [5.41, 5.74) is -0.532. The van der Waals surface area contributed by atoms with Gasteiger partial charge in [0.05, 0.1) is 5.60 Å². The highest BCUT2D eigenvalue weighted by molar-refractivity contribution is 7.98. The first-order valence-electron chi connectivity index (χ1n) is 7.52.